The molecule has 1 unspecified atom stereocenters. The topological polar surface area (TPSA) is 21.3 Å². The van der Waals surface area contributed by atoms with Crippen LogP contribution in [0, 0.1) is 0 Å². The zero-order valence-corrected chi connectivity index (χ0v) is 10.0. The molecule has 2 heteroatoms. The summed E-state index contributed by atoms with van der Waals surface area (Å²) in [4.78, 5) is 0. The van der Waals surface area contributed by atoms with Crippen molar-refractivity contribution in [2.75, 3.05) is 19.7 Å². The van der Waals surface area contributed by atoms with Gasteiger partial charge in [-0.1, -0.05) is 30.3 Å². The van der Waals surface area contributed by atoms with Gasteiger partial charge in [-0.3, -0.25) is 0 Å². The van der Waals surface area contributed by atoms with Crippen LogP contribution in [-0.4, -0.2) is 25.3 Å². The van der Waals surface area contributed by atoms with Gasteiger partial charge in [0.1, 0.15) is 0 Å². The van der Waals surface area contributed by atoms with Gasteiger partial charge in [-0.05, 0) is 38.3 Å². The van der Waals surface area contributed by atoms with Gasteiger partial charge in [-0.2, -0.15) is 0 Å². The molecule has 1 N–H and O–H groups in total. The number of benzene rings is 1. The van der Waals surface area contributed by atoms with Crippen LogP contribution in [-0.2, 0) is 11.2 Å². The average molecular weight is 219 g/mol. The summed E-state index contributed by atoms with van der Waals surface area (Å²) < 4.78 is 5.73. The van der Waals surface area contributed by atoms with Crippen molar-refractivity contribution >= 4 is 0 Å². The van der Waals surface area contributed by atoms with Crippen molar-refractivity contribution in [3.63, 3.8) is 0 Å². The Morgan fingerprint density at radius 3 is 2.81 bits per heavy atom. The molecule has 0 spiro atoms. The van der Waals surface area contributed by atoms with Gasteiger partial charge in [0.2, 0.25) is 0 Å². The quantitative estimate of drug-likeness (QED) is 0.768. The maximum absolute atomic E-state index is 5.73. The first kappa shape index (κ1) is 11.6. The third kappa shape index (κ3) is 3.32. The van der Waals surface area contributed by atoms with Crippen LogP contribution < -0.4 is 5.32 Å². The van der Waals surface area contributed by atoms with E-state index in [2.05, 4.69) is 42.6 Å². The molecule has 1 fully saturated rings. The van der Waals surface area contributed by atoms with Crippen LogP contribution in [0.5, 0.6) is 0 Å². The predicted molar refractivity (Wildman–Crippen MR) is 66.6 cm³/mol. The summed E-state index contributed by atoms with van der Waals surface area (Å²) in [5.41, 5.74) is 1.48. The first-order valence-corrected chi connectivity index (χ1v) is 6.17. The molecule has 88 valence electrons. The van der Waals surface area contributed by atoms with Gasteiger partial charge >= 0.3 is 0 Å². The molecule has 1 aromatic rings. The maximum atomic E-state index is 5.73. The molecular formula is C14H21NO. The summed E-state index contributed by atoms with van der Waals surface area (Å²) >= 11 is 0. The maximum Gasteiger partial charge on any atom is 0.0779 e. The van der Waals surface area contributed by atoms with Crippen LogP contribution in [0.15, 0.2) is 30.3 Å². The van der Waals surface area contributed by atoms with E-state index in [4.69, 9.17) is 4.74 Å². The van der Waals surface area contributed by atoms with Crippen molar-refractivity contribution in [2.24, 2.45) is 0 Å². The SMILES string of the molecule is CC1(CNCCc2ccccc2)CCCO1. The van der Waals surface area contributed by atoms with E-state index in [-0.39, 0.29) is 5.60 Å². The lowest BCUT2D eigenvalue weighted by Gasteiger charge is -2.23. The summed E-state index contributed by atoms with van der Waals surface area (Å²) in [5, 5.41) is 3.49. The molecule has 16 heavy (non-hydrogen) atoms. The highest BCUT2D eigenvalue weighted by molar-refractivity contribution is 5.14. The van der Waals surface area contributed by atoms with Crippen molar-refractivity contribution in [1.29, 1.82) is 0 Å². The van der Waals surface area contributed by atoms with E-state index < -0.39 is 0 Å². The molecule has 0 bridgehead atoms. The van der Waals surface area contributed by atoms with Gasteiger partial charge in [0.25, 0.3) is 0 Å². The number of nitrogens with one attached hydrogen (secondary N) is 1. The lowest BCUT2D eigenvalue weighted by molar-refractivity contribution is 0.0211. The normalized spacial score (nSPS) is 24.8. The molecule has 1 heterocycles. The summed E-state index contributed by atoms with van der Waals surface area (Å²) in [7, 11) is 0. The lowest BCUT2D eigenvalue weighted by atomic mass is 10.0. The Kier molecular flexibility index (Phi) is 3.97. The monoisotopic (exact) mass is 219 g/mol. The molecule has 1 aromatic carbocycles. The van der Waals surface area contributed by atoms with Crippen LogP contribution in [0.25, 0.3) is 0 Å². The fourth-order valence-corrected chi connectivity index (χ4v) is 2.21. The van der Waals surface area contributed by atoms with Gasteiger partial charge in [-0.25, -0.2) is 0 Å². The third-order valence-electron chi connectivity index (χ3n) is 3.23. The molecule has 0 saturated carbocycles. The van der Waals surface area contributed by atoms with E-state index in [9.17, 15) is 0 Å². The smallest absolute Gasteiger partial charge is 0.0779 e. The van der Waals surface area contributed by atoms with Crippen molar-refractivity contribution < 1.29 is 4.74 Å². The van der Waals surface area contributed by atoms with E-state index in [1.807, 2.05) is 0 Å². The van der Waals surface area contributed by atoms with Gasteiger partial charge in [0.15, 0.2) is 0 Å². The Bertz CT molecular complexity index is 304. The molecule has 0 radical (unpaired) electrons. The molecular weight excluding hydrogens is 198 g/mol. The second-order valence-corrected chi connectivity index (χ2v) is 4.81. The summed E-state index contributed by atoms with van der Waals surface area (Å²) in [6.45, 7) is 5.13. The molecule has 0 aromatic heterocycles. The van der Waals surface area contributed by atoms with E-state index in [1.165, 1.54) is 18.4 Å². The fraction of sp³-hybridized carbons (Fsp3) is 0.571. The molecule has 2 rings (SSSR count). The second kappa shape index (κ2) is 5.46. The van der Waals surface area contributed by atoms with Crippen LogP contribution in [0.3, 0.4) is 0 Å². The Morgan fingerprint density at radius 1 is 1.31 bits per heavy atom. The fourth-order valence-electron chi connectivity index (χ4n) is 2.21. The average Bonchev–Trinajstić information content (AvgIpc) is 2.74. The summed E-state index contributed by atoms with van der Waals surface area (Å²) in [6.07, 6.45) is 3.49. The minimum Gasteiger partial charge on any atom is -0.374 e. The molecule has 0 aliphatic carbocycles. The van der Waals surface area contributed by atoms with Crippen LogP contribution in [0.4, 0.5) is 0 Å². The first-order valence-electron chi connectivity index (χ1n) is 6.17. The van der Waals surface area contributed by atoms with E-state index in [0.717, 1.165) is 26.1 Å². The number of hydrogen-bond donors (Lipinski definition) is 1. The van der Waals surface area contributed by atoms with Gasteiger partial charge in [0.05, 0.1) is 5.60 Å². The van der Waals surface area contributed by atoms with Crippen molar-refractivity contribution in [1.82, 2.24) is 5.32 Å². The lowest BCUT2D eigenvalue weighted by Crippen LogP contribution is -2.37. The zero-order valence-electron chi connectivity index (χ0n) is 10.0. The second-order valence-electron chi connectivity index (χ2n) is 4.81. The first-order chi connectivity index (χ1) is 7.79. The highest BCUT2D eigenvalue weighted by atomic mass is 16.5. The standard InChI is InChI=1S/C14H21NO/c1-14(9-5-11-16-14)12-15-10-8-13-6-3-2-4-7-13/h2-4,6-7,15H,5,8-12H2,1H3. The molecule has 1 atom stereocenters. The highest BCUT2D eigenvalue weighted by Gasteiger charge is 2.28. The summed E-state index contributed by atoms with van der Waals surface area (Å²) in [5.74, 6) is 0. The minimum absolute atomic E-state index is 0.0800. The summed E-state index contributed by atoms with van der Waals surface area (Å²) in [6, 6.07) is 10.6. The molecule has 1 aliphatic heterocycles. The van der Waals surface area contributed by atoms with Crippen LogP contribution in [0.1, 0.15) is 25.3 Å². The number of hydrogen-bond acceptors (Lipinski definition) is 2. The highest BCUT2D eigenvalue weighted by Crippen LogP contribution is 2.23. The number of ether oxygens (including phenoxy) is 1. The van der Waals surface area contributed by atoms with E-state index in [0.29, 0.717) is 0 Å². The zero-order chi connectivity index (χ0) is 11.3. The minimum atomic E-state index is 0.0800. The van der Waals surface area contributed by atoms with Crippen molar-refractivity contribution in [3.8, 4) is 0 Å². The van der Waals surface area contributed by atoms with Gasteiger partial charge < -0.3 is 10.1 Å². The molecule has 1 aliphatic rings. The van der Waals surface area contributed by atoms with Crippen LogP contribution in [0.2, 0.25) is 0 Å². The Balaban J connectivity index is 1.65. The van der Waals surface area contributed by atoms with Crippen molar-refractivity contribution in [3.05, 3.63) is 35.9 Å². The Labute approximate surface area is 98.0 Å². The van der Waals surface area contributed by atoms with Gasteiger partial charge in [-0.15, -0.1) is 0 Å². The third-order valence-corrected chi connectivity index (χ3v) is 3.23. The molecule has 2 nitrogen and oxygen atoms in total. The van der Waals surface area contributed by atoms with E-state index in [1.54, 1.807) is 0 Å². The Hall–Kier alpha value is -0.860. The Morgan fingerprint density at radius 2 is 2.12 bits per heavy atom. The predicted octanol–water partition coefficient (Wildman–Crippen LogP) is 2.39. The van der Waals surface area contributed by atoms with Crippen molar-refractivity contribution in [2.45, 2.75) is 31.8 Å². The van der Waals surface area contributed by atoms with E-state index >= 15 is 0 Å². The largest absolute Gasteiger partial charge is 0.374 e. The molecule has 1 saturated heterocycles. The molecule has 0 amide bonds. The van der Waals surface area contributed by atoms with Gasteiger partial charge in [0, 0.05) is 13.2 Å². The van der Waals surface area contributed by atoms with Crippen LogP contribution >= 0.6 is 0 Å². The number of rotatable bonds is 5.